The Kier molecular flexibility index (Phi) is 4.96. The van der Waals surface area contributed by atoms with Crippen LogP contribution in [0.4, 0.5) is 0 Å². The molecule has 1 rings (SSSR count). The molecule has 1 aromatic rings. The molecular formula is C11H12BrClN2O2. The van der Waals surface area contributed by atoms with E-state index >= 15 is 0 Å². The van der Waals surface area contributed by atoms with Gasteiger partial charge in [-0.05, 0) is 34.1 Å². The Bertz CT molecular complexity index is 449. The third kappa shape index (κ3) is 4.02. The van der Waals surface area contributed by atoms with Crippen LogP contribution >= 0.6 is 27.5 Å². The van der Waals surface area contributed by atoms with Crippen LogP contribution in [0.3, 0.4) is 0 Å². The van der Waals surface area contributed by atoms with Crippen LogP contribution in [0.5, 0.6) is 0 Å². The second-order valence-electron chi connectivity index (χ2n) is 3.60. The number of amides is 2. The van der Waals surface area contributed by atoms with E-state index in [9.17, 15) is 9.59 Å². The van der Waals surface area contributed by atoms with Crippen molar-refractivity contribution >= 4 is 39.3 Å². The Hall–Kier alpha value is -1.07. The van der Waals surface area contributed by atoms with E-state index in [-0.39, 0.29) is 18.4 Å². The predicted octanol–water partition coefficient (Wildman–Crippen LogP) is 1.92. The number of hydrogen-bond donors (Lipinski definition) is 1. The van der Waals surface area contributed by atoms with Crippen molar-refractivity contribution in [2.45, 2.75) is 0 Å². The average molecular weight is 320 g/mol. The van der Waals surface area contributed by atoms with Gasteiger partial charge < -0.3 is 10.2 Å². The molecule has 0 aromatic heterocycles. The van der Waals surface area contributed by atoms with Crippen molar-refractivity contribution in [3.8, 4) is 0 Å². The maximum absolute atomic E-state index is 11.7. The number of hydrogen-bond acceptors (Lipinski definition) is 2. The molecule has 6 heteroatoms. The molecule has 0 saturated heterocycles. The molecule has 0 aliphatic rings. The lowest BCUT2D eigenvalue weighted by Crippen LogP contribution is -2.36. The van der Waals surface area contributed by atoms with Gasteiger partial charge in [0.1, 0.15) is 0 Å². The quantitative estimate of drug-likeness (QED) is 0.925. The first-order valence-electron chi connectivity index (χ1n) is 4.85. The SMILES string of the molecule is CN(C)C(=O)CNC(=O)c1ccc(Br)c(Cl)c1. The summed E-state index contributed by atoms with van der Waals surface area (Å²) in [7, 11) is 3.26. The summed E-state index contributed by atoms with van der Waals surface area (Å²) >= 11 is 9.10. The van der Waals surface area contributed by atoms with Crippen LogP contribution in [-0.4, -0.2) is 37.4 Å². The van der Waals surface area contributed by atoms with Gasteiger partial charge in [0.15, 0.2) is 0 Å². The third-order valence-electron chi connectivity index (χ3n) is 2.08. The lowest BCUT2D eigenvalue weighted by atomic mass is 10.2. The molecule has 0 spiro atoms. The molecule has 0 radical (unpaired) electrons. The number of nitrogens with one attached hydrogen (secondary N) is 1. The van der Waals surface area contributed by atoms with Crippen molar-refractivity contribution in [2.75, 3.05) is 20.6 Å². The van der Waals surface area contributed by atoms with E-state index < -0.39 is 0 Å². The second-order valence-corrected chi connectivity index (χ2v) is 4.86. The number of halogens is 2. The van der Waals surface area contributed by atoms with Crippen molar-refractivity contribution in [1.82, 2.24) is 10.2 Å². The number of nitrogens with zero attached hydrogens (tertiary/aromatic N) is 1. The van der Waals surface area contributed by atoms with Crippen LogP contribution in [0.25, 0.3) is 0 Å². The molecule has 0 bridgehead atoms. The minimum absolute atomic E-state index is 0.0283. The maximum atomic E-state index is 11.7. The molecule has 0 fully saturated rings. The maximum Gasteiger partial charge on any atom is 0.251 e. The lowest BCUT2D eigenvalue weighted by molar-refractivity contribution is -0.127. The molecule has 2 amide bonds. The largest absolute Gasteiger partial charge is 0.347 e. The lowest BCUT2D eigenvalue weighted by Gasteiger charge is -2.11. The minimum Gasteiger partial charge on any atom is -0.347 e. The summed E-state index contributed by atoms with van der Waals surface area (Å²) in [6.07, 6.45) is 0. The molecule has 0 saturated carbocycles. The van der Waals surface area contributed by atoms with Gasteiger partial charge in [-0.25, -0.2) is 0 Å². The van der Waals surface area contributed by atoms with E-state index in [1.807, 2.05) is 0 Å². The van der Waals surface area contributed by atoms with Crippen molar-refractivity contribution in [3.05, 3.63) is 33.3 Å². The van der Waals surface area contributed by atoms with Gasteiger partial charge >= 0.3 is 0 Å². The normalized spacial score (nSPS) is 9.88. The van der Waals surface area contributed by atoms with Crippen LogP contribution < -0.4 is 5.32 Å². The summed E-state index contributed by atoms with van der Waals surface area (Å²) in [4.78, 5) is 24.4. The summed E-state index contributed by atoms with van der Waals surface area (Å²) in [5, 5.41) is 2.98. The van der Waals surface area contributed by atoms with Crippen LogP contribution in [0.2, 0.25) is 5.02 Å². The van der Waals surface area contributed by atoms with E-state index in [0.717, 1.165) is 4.47 Å². The third-order valence-corrected chi connectivity index (χ3v) is 3.31. The molecule has 4 nitrogen and oxygen atoms in total. The van der Waals surface area contributed by atoms with E-state index in [2.05, 4.69) is 21.2 Å². The molecule has 0 aliphatic heterocycles. The summed E-state index contributed by atoms with van der Waals surface area (Å²) in [5.74, 6) is -0.490. The highest BCUT2D eigenvalue weighted by Gasteiger charge is 2.10. The molecule has 92 valence electrons. The topological polar surface area (TPSA) is 49.4 Å². The van der Waals surface area contributed by atoms with Gasteiger partial charge in [-0.2, -0.15) is 0 Å². The number of rotatable bonds is 3. The highest BCUT2D eigenvalue weighted by molar-refractivity contribution is 9.10. The average Bonchev–Trinajstić information content (AvgIpc) is 2.28. The fourth-order valence-corrected chi connectivity index (χ4v) is 1.48. The van der Waals surface area contributed by atoms with Gasteiger partial charge in [0.05, 0.1) is 11.6 Å². The Labute approximate surface area is 113 Å². The first kappa shape index (κ1) is 14.0. The zero-order valence-corrected chi connectivity index (χ0v) is 11.8. The number of carbonyl (C=O) groups excluding carboxylic acids is 2. The van der Waals surface area contributed by atoms with Gasteiger partial charge in [-0.15, -0.1) is 0 Å². The fraction of sp³-hybridized carbons (Fsp3) is 0.273. The van der Waals surface area contributed by atoms with Crippen LogP contribution in [0.15, 0.2) is 22.7 Å². The Balaban J connectivity index is 2.64. The molecule has 0 heterocycles. The molecule has 1 aromatic carbocycles. The number of carbonyl (C=O) groups is 2. The highest BCUT2D eigenvalue weighted by Crippen LogP contribution is 2.22. The number of likely N-dealkylation sites (N-methyl/N-ethyl adjacent to an activating group) is 1. The van der Waals surface area contributed by atoms with Gasteiger partial charge in [-0.3, -0.25) is 9.59 Å². The molecule has 17 heavy (non-hydrogen) atoms. The van der Waals surface area contributed by atoms with Crippen molar-refractivity contribution in [2.24, 2.45) is 0 Å². The van der Waals surface area contributed by atoms with Crippen molar-refractivity contribution in [1.29, 1.82) is 0 Å². The molecular weight excluding hydrogens is 307 g/mol. The number of benzene rings is 1. The van der Waals surface area contributed by atoms with Gasteiger partial charge in [-0.1, -0.05) is 11.6 Å². The Morgan fingerprint density at radius 2 is 2.06 bits per heavy atom. The molecule has 1 N–H and O–H groups in total. The summed E-state index contributed by atoms with van der Waals surface area (Å²) in [5.41, 5.74) is 0.421. The van der Waals surface area contributed by atoms with E-state index in [1.54, 1.807) is 32.3 Å². The first-order chi connectivity index (χ1) is 7.91. The molecule has 0 unspecified atom stereocenters. The summed E-state index contributed by atoms with van der Waals surface area (Å²) < 4.78 is 0.722. The van der Waals surface area contributed by atoms with E-state index in [0.29, 0.717) is 10.6 Å². The minimum atomic E-state index is -0.324. The predicted molar refractivity (Wildman–Crippen MR) is 70.2 cm³/mol. The smallest absolute Gasteiger partial charge is 0.251 e. The zero-order chi connectivity index (χ0) is 13.0. The standard InChI is InChI=1S/C11H12BrClN2O2/c1-15(2)10(16)6-14-11(17)7-3-4-8(12)9(13)5-7/h3-5H,6H2,1-2H3,(H,14,17). The monoisotopic (exact) mass is 318 g/mol. The van der Waals surface area contributed by atoms with Gasteiger partial charge in [0.2, 0.25) is 5.91 Å². The van der Waals surface area contributed by atoms with Crippen LogP contribution in [0.1, 0.15) is 10.4 Å². The summed E-state index contributed by atoms with van der Waals surface area (Å²) in [6, 6.07) is 4.86. The van der Waals surface area contributed by atoms with Crippen LogP contribution in [0, 0.1) is 0 Å². The van der Waals surface area contributed by atoms with E-state index in [1.165, 1.54) is 4.90 Å². The Morgan fingerprint density at radius 1 is 1.41 bits per heavy atom. The first-order valence-corrected chi connectivity index (χ1v) is 6.02. The highest BCUT2D eigenvalue weighted by atomic mass is 79.9. The molecule has 0 aliphatic carbocycles. The summed E-state index contributed by atoms with van der Waals surface area (Å²) in [6.45, 7) is -0.0283. The zero-order valence-electron chi connectivity index (χ0n) is 9.46. The Morgan fingerprint density at radius 3 is 2.59 bits per heavy atom. The van der Waals surface area contributed by atoms with E-state index in [4.69, 9.17) is 11.6 Å². The van der Waals surface area contributed by atoms with Gasteiger partial charge in [0, 0.05) is 24.1 Å². The fourth-order valence-electron chi connectivity index (χ4n) is 1.05. The van der Waals surface area contributed by atoms with Gasteiger partial charge in [0.25, 0.3) is 5.91 Å². The van der Waals surface area contributed by atoms with Crippen LogP contribution in [-0.2, 0) is 4.79 Å². The second kappa shape index (κ2) is 6.02. The van der Waals surface area contributed by atoms with Crippen molar-refractivity contribution < 1.29 is 9.59 Å². The van der Waals surface area contributed by atoms with Crippen molar-refractivity contribution in [3.63, 3.8) is 0 Å². The molecule has 0 atom stereocenters.